The summed E-state index contributed by atoms with van der Waals surface area (Å²) in [6.07, 6.45) is 0. The number of nitrogens with one attached hydrogen (secondary N) is 1. The highest BCUT2D eigenvalue weighted by molar-refractivity contribution is 5.96. The van der Waals surface area contributed by atoms with Crippen molar-refractivity contribution in [1.29, 1.82) is 0 Å². The quantitative estimate of drug-likeness (QED) is 0.812. The van der Waals surface area contributed by atoms with Crippen LogP contribution in [0, 0.1) is 0 Å². The molecule has 1 aliphatic heterocycles. The zero-order valence-electron chi connectivity index (χ0n) is 10.6. The third-order valence-corrected chi connectivity index (χ3v) is 2.76. The molecule has 1 aromatic rings. The van der Waals surface area contributed by atoms with Gasteiger partial charge in [0.1, 0.15) is 0 Å². The van der Waals surface area contributed by atoms with E-state index >= 15 is 0 Å². The van der Waals surface area contributed by atoms with Crippen LogP contribution in [0.1, 0.15) is 26.3 Å². The van der Waals surface area contributed by atoms with E-state index in [-0.39, 0.29) is 17.9 Å². The van der Waals surface area contributed by atoms with E-state index in [0.29, 0.717) is 17.2 Å². The van der Waals surface area contributed by atoms with Crippen LogP contribution in [-0.4, -0.2) is 19.6 Å². The van der Waals surface area contributed by atoms with Crippen LogP contribution in [0.5, 0.6) is 11.5 Å². The van der Waals surface area contributed by atoms with Gasteiger partial charge in [-0.05, 0) is 23.1 Å². The van der Waals surface area contributed by atoms with E-state index in [4.69, 9.17) is 9.47 Å². The smallest absolute Gasteiger partial charge is 0.262 e. The van der Waals surface area contributed by atoms with Crippen LogP contribution >= 0.6 is 0 Å². The van der Waals surface area contributed by atoms with Gasteiger partial charge in [0.15, 0.2) is 18.1 Å². The lowest BCUT2D eigenvalue weighted by Crippen LogP contribution is -2.26. The van der Waals surface area contributed by atoms with Gasteiger partial charge in [-0.2, -0.15) is 0 Å². The molecule has 0 aliphatic carbocycles. The average Bonchev–Trinajstić information content (AvgIpc) is 2.25. The number of hydrogen-bond donors (Lipinski definition) is 1. The number of carbonyl (C=O) groups excluding carboxylic acids is 1. The first kappa shape index (κ1) is 11.8. The number of fused-ring (bicyclic) bond motifs is 1. The molecule has 1 amide bonds. The SMILES string of the molecule is COc1cc(C(C)(C)C)cc2c1OCC(=O)N2. The number of carbonyl (C=O) groups is 1. The standard InChI is InChI=1S/C13H17NO3/c1-13(2,3)8-5-9-12(10(6-8)16-4)17-7-11(15)14-9/h5-6H,7H2,1-4H3,(H,14,15). The van der Waals surface area contributed by atoms with Gasteiger partial charge in [0.05, 0.1) is 12.8 Å². The predicted molar refractivity (Wildman–Crippen MR) is 65.8 cm³/mol. The molecule has 1 N–H and O–H groups in total. The molecule has 4 heteroatoms. The fraction of sp³-hybridized carbons (Fsp3) is 0.462. The maximum Gasteiger partial charge on any atom is 0.262 e. The Balaban J connectivity index is 2.54. The van der Waals surface area contributed by atoms with Gasteiger partial charge in [-0.25, -0.2) is 0 Å². The van der Waals surface area contributed by atoms with Crippen molar-refractivity contribution < 1.29 is 14.3 Å². The maximum absolute atomic E-state index is 11.3. The van der Waals surface area contributed by atoms with Crippen LogP contribution in [0.4, 0.5) is 5.69 Å². The van der Waals surface area contributed by atoms with Crippen LogP contribution < -0.4 is 14.8 Å². The summed E-state index contributed by atoms with van der Waals surface area (Å²) in [6.45, 7) is 6.37. The number of ether oxygens (including phenoxy) is 2. The minimum absolute atomic E-state index is 0.00944. The highest BCUT2D eigenvalue weighted by Crippen LogP contribution is 2.41. The molecule has 0 saturated heterocycles. The fourth-order valence-electron chi connectivity index (χ4n) is 1.75. The summed E-state index contributed by atoms with van der Waals surface area (Å²) in [4.78, 5) is 11.3. The molecule has 2 rings (SSSR count). The summed E-state index contributed by atoms with van der Waals surface area (Å²) in [5, 5.41) is 2.80. The molecule has 92 valence electrons. The molecule has 4 nitrogen and oxygen atoms in total. The van der Waals surface area contributed by atoms with Gasteiger partial charge in [0.25, 0.3) is 5.91 Å². The average molecular weight is 235 g/mol. The maximum atomic E-state index is 11.3. The highest BCUT2D eigenvalue weighted by Gasteiger charge is 2.24. The Bertz CT molecular complexity index is 460. The Morgan fingerprint density at radius 1 is 1.35 bits per heavy atom. The van der Waals surface area contributed by atoms with Crippen molar-refractivity contribution in [1.82, 2.24) is 0 Å². The first-order valence-corrected chi connectivity index (χ1v) is 5.57. The van der Waals surface area contributed by atoms with E-state index in [1.54, 1.807) is 7.11 Å². The predicted octanol–water partition coefficient (Wildman–Crippen LogP) is 2.32. The first-order chi connectivity index (χ1) is 7.91. The summed E-state index contributed by atoms with van der Waals surface area (Å²) < 4.78 is 10.7. The van der Waals surface area contributed by atoms with Gasteiger partial charge in [0.2, 0.25) is 0 Å². The lowest BCUT2D eigenvalue weighted by molar-refractivity contribution is -0.118. The number of methoxy groups -OCH3 is 1. The normalized spacial score (nSPS) is 14.7. The molecule has 0 atom stereocenters. The monoisotopic (exact) mass is 235 g/mol. The van der Waals surface area contributed by atoms with E-state index in [1.165, 1.54) is 0 Å². The third kappa shape index (κ3) is 2.20. The largest absolute Gasteiger partial charge is 0.493 e. The molecule has 0 fully saturated rings. The lowest BCUT2D eigenvalue weighted by Gasteiger charge is -2.25. The van der Waals surface area contributed by atoms with Gasteiger partial charge in [0, 0.05) is 0 Å². The van der Waals surface area contributed by atoms with Gasteiger partial charge < -0.3 is 14.8 Å². The summed E-state index contributed by atoms with van der Waals surface area (Å²) in [5.41, 5.74) is 1.77. The molecule has 0 radical (unpaired) electrons. The third-order valence-electron chi connectivity index (χ3n) is 2.76. The number of hydrogen-bond acceptors (Lipinski definition) is 3. The van der Waals surface area contributed by atoms with Crippen molar-refractivity contribution in [3.05, 3.63) is 17.7 Å². The minimum Gasteiger partial charge on any atom is -0.493 e. The summed E-state index contributed by atoms with van der Waals surface area (Å²) in [6, 6.07) is 3.89. The molecule has 0 spiro atoms. The van der Waals surface area contributed by atoms with E-state index in [0.717, 1.165) is 5.56 Å². The highest BCUT2D eigenvalue weighted by atomic mass is 16.5. The lowest BCUT2D eigenvalue weighted by atomic mass is 9.86. The number of rotatable bonds is 1. The van der Waals surface area contributed by atoms with Crippen molar-refractivity contribution in [2.45, 2.75) is 26.2 Å². The fourth-order valence-corrected chi connectivity index (χ4v) is 1.75. The zero-order chi connectivity index (χ0) is 12.6. The Hall–Kier alpha value is -1.71. The Morgan fingerprint density at radius 2 is 2.06 bits per heavy atom. The Kier molecular flexibility index (Phi) is 2.73. The number of amides is 1. The molecular formula is C13H17NO3. The molecule has 1 aliphatic rings. The minimum atomic E-state index is -0.134. The molecule has 0 aromatic heterocycles. The first-order valence-electron chi connectivity index (χ1n) is 5.57. The molecule has 0 saturated carbocycles. The van der Waals surface area contributed by atoms with Gasteiger partial charge >= 0.3 is 0 Å². The molecule has 1 aromatic carbocycles. The van der Waals surface area contributed by atoms with Crippen LogP contribution in [0.15, 0.2) is 12.1 Å². The van der Waals surface area contributed by atoms with Crippen LogP contribution in [0.2, 0.25) is 0 Å². The van der Waals surface area contributed by atoms with Crippen molar-refractivity contribution in [2.24, 2.45) is 0 Å². The van der Waals surface area contributed by atoms with Crippen molar-refractivity contribution in [2.75, 3.05) is 19.0 Å². The van der Waals surface area contributed by atoms with Crippen LogP contribution in [0.25, 0.3) is 0 Å². The topological polar surface area (TPSA) is 47.6 Å². The van der Waals surface area contributed by atoms with Gasteiger partial charge in [-0.1, -0.05) is 20.8 Å². The van der Waals surface area contributed by atoms with E-state index in [2.05, 4.69) is 26.1 Å². The summed E-state index contributed by atoms with van der Waals surface area (Å²) in [7, 11) is 1.60. The molecular weight excluding hydrogens is 218 g/mol. The summed E-state index contributed by atoms with van der Waals surface area (Å²) >= 11 is 0. The van der Waals surface area contributed by atoms with Gasteiger partial charge in [-0.3, -0.25) is 4.79 Å². The van der Waals surface area contributed by atoms with Crippen LogP contribution in [-0.2, 0) is 10.2 Å². The van der Waals surface area contributed by atoms with E-state index in [9.17, 15) is 4.79 Å². The number of benzene rings is 1. The molecule has 0 unspecified atom stereocenters. The number of anilines is 1. The second kappa shape index (κ2) is 3.95. The molecule has 1 heterocycles. The van der Waals surface area contributed by atoms with E-state index in [1.807, 2.05) is 12.1 Å². The zero-order valence-corrected chi connectivity index (χ0v) is 10.6. The Morgan fingerprint density at radius 3 is 2.65 bits per heavy atom. The van der Waals surface area contributed by atoms with Crippen LogP contribution in [0.3, 0.4) is 0 Å². The molecule has 17 heavy (non-hydrogen) atoms. The van der Waals surface area contributed by atoms with Crippen molar-refractivity contribution >= 4 is 11.6 Å². The second-order valence-electron chi connectivity index (χ2n) is 5.14. The Labute approximate surface area is 101 Å². The molecule has 0 bridgehead atoms. The van der Waals surface area contributed by atoms with Gasteiger partial charge in [-0.15, -0.1) is 0 Å². The van der Waals surface area contributed by atoms with E-state index < -0.39 is 0 Å². The summed E-state index contributed by atoms with van der Waals surface area (Å²) in [5.74, 6) is 1.14. The second-order valence-corrected chi connectivity index (χ2v) is 5.14. The van der Waals surface area contributed by atoms with Crippen molar-refractivity contribution in [3.63, 3.8) is 0 Å². The van der Waals surface area contributed by atoms with Crippen molar-refractivity contribution in [3.8, 4) is 11.5 Å².